The zero-order valence-corrected chi connectivity index (χ0v) is 29.9. The molecule has 0 radical (unpaired) electrons. The quantitative estimate of drug-likeness (QED) is 0.264. The van der Waals surface area contributed by atoms with Crippen LogP contribution in [0.25, 0.3) is 0 Å². The second kappa shape index (κ2) is 13.5. The summed E-state index contributed by atoms with van der Waals surface area (Å²) < 4.78 is 1.71. The molecule has 1 aliphatic rings. The Balaban J connectivity index is 0.000000784. The van der Waals surface area contributed by atoms with E-state index >= 15 is 0 Å². The van der Waals surface area contributed by atoms with Crippen LogP contribution in [-0.4, -0.2) is 24.5 Å². The van der Waals surface area contributed by atoms with Crippen LogP contribution >= 0.6 is 78.8 Å². The third kappa shape index (κ3) is 8.46. The fourth-order valence-corrected chi connectivity index (χ4v) is 5.29. The Morgan fingerprint density at radius 1 is 0.714 bits per heavy atom. The van der Waals surface area contributed by atoms with Crippen molar-refractivity contribution in [2.45, 2.75) is 79.1 Å². The third-order valence-electron chi connectivity index (χ3n) is 6.19. The highest BCUT2D eigenvalue weighted by Crippen LogP contribution is 2.41. The van der Waals surface area contributed by atoms with Gasteiger partial charge in [-0.1, -0.05) is 91.8 Å². The number of benzene rings is 2. The van der Waals surface area contributed by atoms with Crippen molar-refractivity contribution < 1.29 is 4.49 Å². The molecule has 0 N–H and O–H groups in total. The minimum absolute atomic E-state index is 0.104. The summed E-state index contributed by atoms with van der Waals surface area (Å²) in [6.07, 6.45) is 2.37. The number of hydrogen-bond acceptors (Lipinski definition) is 1. The molecular weight excluding hydrogens is 761 g/mol. The fourth-order valence-electron chi connectivity index (χ4n) is 4.55. The zero-order chi connectivity index (χ0) is 26.7. The van der Waals surface area contributed by atoms with Gasteiger partial charge in [0.15, 0.2) is 5.69 Å². The first-order chi connectivity index (χ1) is 16.1. The van der Waals surface area contributed by atoms with Gasteiger partial charge >= 0.3 is 5.81 Å². The van der Waals surface area contributed by atoms with Crippen LogP contribution in [-0.2, 0) is 0 Å². The number of nitrogens with zero attached hydrogens (tertiary/aromatic N) is 2. The average molecular weight is 799 g/mol. The molecule has 2 nitrogen and oxygen atoms in total. The second-order valence-corrected chi connectivity index (χ2v) is 23.9. The van der Waals surface area contributed by atoms with E-state index in [0.29, 0.717) is 23.7 Å². The molecule has 0 amide bonds. The van der Waals surface area contributed by atoms with Gasteiger partial charge in [-0.05, 0) is 50.6 Å². The molecule has 1 aliphatic heterocycles. The Bertz CT molecular complexity index is 974. The maximum Gasteiger partial charge on any atom is 0.695 e. The van der Waals surface area contributed by atoms with Crippen LogP contribution < -0.4 is 4.81 Å². The fraction of sp³-hybridized carbons (Fsp3) is 0.500. The van der Waals surface area contributed by atoms with Gasteiger partial charge in [-0.2, -0.15) is 0 Å². The Hall–Kier alpha value is 0.440. The Kier molecular flexibility index (Phi) is 12.2. The number of rotatable bonds is 6. The number of hydrogen-bond donors (Lipinski definition) is 0. The summed E-state index contributed by atoms with van der Waals surface area (Å²) >= 11 is 16.8. The summed E-state index contributed by atoms with van der Waals surface area (Å²) in [5, 5.41) is 0. The normalized spacial score (nSPS) is 14.3. The van der Waals surface area contributed by atoms with Gasteiger partial charge in [0.2, 0.25) is 1.44 Å². The SMILES string of the molecule is Br[B-](Br)(Br)Br.CC(C)c1cccc(C(C)C)c1N1CC=[N+](c2c(C(C)C)cccc2C(C)C)B1Br. The zero-order valence-electron chi connectivity index (χ0n) is 22.0. The molecule has 0 unspecified atom stereocenters. The second-order valence-electron chi connectivity index (χ2n) is 10.2. The van der Waals surface area contributed by atoms with Crippen LogP contribution in [0.1, 0.15) is 101 Å². The highest BCUT2D eigenvalue weighted by molar-refractivity contribution is 9.90. The first kappa shape index (κ1) is 31.7. The predicted molar refractivity (Wildman–Crippen MR) is 179 cm³/mol. The van der Waals surface area contributed by atoms with Gasteiger partial charge in [0.1, 0.15) is 6.21 Å². The molecule has 0 spiro atoms. The van der Waals surface area contributed by atoms with Crippen molar-refractivity contribution in [3.8, 4) is 0 Å². The largest absolute Gasteiger partial charge is 0.695 e. The maximum atomic E-state index is 4.10. The van der Waals surface area contributed by atoms with Crippen molar-refractivity contribution in [2.24, 2.45) is 0 Å². The van der Waals surface area contributed by atoms with Gasteiger partial charge in [-0.3, -0.25) is 4.49 Å². The molecule has 0 aliphatic carbocycles. The van der Waals surface area contributed by atoms with Crippen LogP contribution in [0, 0.1) is 0 Å². The van der Waals surface area contributed by atoms with E-state index in [1.54, 1.807) is 0 Å². The van der Waals surface area contributed by atoms with Gasteiger partial charge in [-0.25, -0.2) is 0 Å². The molecule has 0 aromatic heterocycles. The number of para-hydroxylation sites is 2. The summed E-state index contributed by atoms with van der Waals surface area (Å²) in [5.74, 6) is 2.04. The van der Waals surface area contributed by atoms with E-state index in [2.05, 4.69) is 186 Å². The molecule has 9 heteroatoms. The molecule has 0 saturated heterocycles. The lowest BCUT2D eigenvalue weighted by molar-refractivity contribution is -0.271. The average Bonchev–Trinajstić information content (AvgIpc) is 3.11. The Morgan fingerprint density at radius 2 is 1.06 bits per heavy atom. The number of halogens is 5. The predicted octanol–water partition coefficient (Wildman–Crippen LogP) is 10.8. The lowest BCUT2D eigenvalue weighted by Gasteiger charge is -2.27. The smallest absolute Gasteiger partial charge is 0.330 e. The van der Waals surface area contributed by atoms with Crippen molar-refractivity contribution in [1.82, 2.24) is 0 Å². The van der Waals surface area contributed by atoms with Crippen molar-refractivity contribution in [2.75, 3.05) is 11.4 Å². The Labute approximate surface area is 255 Å². The van der Waals surface area contributed by atoms with Crippen molar-refractivity contribution in [3.63, 3.8) is 0 Å². The summed E-state index contributed by atoms with van der Waals surface area (Å²) in [7, 11) is 0. The van der Waals surface area contributed by atoms with E-state index in [1.807, 2.05) is 0 Å². The van der Waals surface area contributed by atoms with Gasteiger partial charge in [-0.15, -0.1) is 0 Å². The van der Waals surface area contributed by atoms with Crippen LogP contribution in [0.15, 0.2) is 36.4 Å². The molecule has 2 aromatic carbocycles. The molecule has 0 bridgehead atoms. The molecule has 35 heavy (non-hydrogen) atoms. The standard InChI is InChI=1S/C26H37BBrN2.BBr4/c1-17(2)21-11-9-12-22(18(3)4)25(21)29-15-16-30(27(29)28)26-23(19(5)6)13-10-14-24(26)20(7)8;2-1(3,4)5/h9-15,17-20H,16H2,1-8H3;/q+1;-1. The summed E-state index contributed by atoms with van der Waals surface area (Å²) in [6.45, 7) is 19.3. The summed E-state index contributed by atoms with van der Waals surface area (Å²) in [5.41, 5.74) is 8.48. The van der Waals surface area contributed by atoms with E-state index in [1.165, 1.54) is 33.6 Å². The van der Waals surface area contributed by atoms with E-state index in [9.17, 15) is 0 Å². The van der Waals surface area contributed by atoms with Crippen LogP contribution in [0.4, 0.5) is 11.4 Å². The lowest BCUT2D eigenvalue weighted by atomic mass is 9.88. The van der Waals surface area contributed by atoms with Gasteiger partial charge in [0, 0.05) is 16.8 Å². The highest BCUT2D eigenvalue weighted by Gasteiger charge is 2.46. The number of anilines is 1. The molecule has 0 atom stereocenters. The monoisotopic (exact) mass is 794 g/mol. The maximum absolute atomic E-state index is 4.10. The molecule has 0 saturated carbocycles. The third-order valence-corrected chi connectivity index (χ3v) is 7.13. The summed E-state index contributed by atoms with van der Waals surface area (Å²) in [4.78, 5) is 2.53. The van der Waals surface area contributed by atoms with Crippen molar-refractivity contribution >= 4 is 104 Å². The van der Waals surface area contributed by atoms with Crippen LogP contribution in [0.2, 0.25) is 0 Å². The van der Waals surface area contributed by atoms with E-state index in [0.717, 1.165) is 6.54 Å². The molecule has 192 valence electrons. The van der Waals surface area contributed by atoms with Crippen LogP contribution in [0.5, 0.6) is 0 Å². The molecular formula is C26H37B2Br5N2. The Morgan fingerprint density at radius 3 is 1.40 bits per heavy atom. The minimum atomic E-state index is -0.750. The van der Waals surface area contributed by atoms with E-state index < -0.39 is 1.44 Å². The van der Waals surface area contributed by atoms with E-state index in [-0.39, 0.29) is 5.81 Å². The first-order valence-corrected chi connectivity index (χ1v) is 16.9. The molecule has 3 rings (SSSR count). The van der Waals surface area contributed by atoms with Gasteiger partial charge in [0.05, 0.1) is 6.54 Å². The van der Waals surface area contributed by atoms with Crippen molar-refractivity contribution in [1.29, 1.82) is 0 Å². The van der Waals surface area contributed by atoms with Crippen molar-refractivity contribution in [3.05, 3.63) is 58.7 Å². The molecule has 2 aromatic rings. The van der Waals surface area contributed by atoms with E-state index in [4.69, 9.17) is 0 Å². The van der Waals surface area contributed by atoms with Crippen LogP contribution in [0.3, 0.4) is 0 Å². The lowest BCUT2D eigenvalue weighted by Crippen LogP contribution is -2.37. The van der Waals surface area contributed by atoms with Gasteiger partial charge < -0.3 is 67.8 Å². The minimum Gasteiger partial charge on any atom is -0.330 e. The molecule has 1 heterocycles. The summed E-state index contributed by atoms with van der Waals surface area (Å²) in [6, 6.07) is 13.6. The first-order valence-electron chi connectivity index (χ1n) is 12.3. The topological polar surface area (TPSA) is 6.25 Å². The highest BCUT2D eigenvalue weighted by atomic mass is 80.0. The molecule has 0 fully saturated rings. The van der Waals surface area contributed by atoms with Gasteiger partial charge in [0.25, 0.3) is 0 Å².